The van der Waals surface area contributed by atoms with E-state index in [1.165, 1.54) is 11.0 Å². The van der Waals surface area contributed by atoms with Crippen molar-refractivity contribution in [3.05, 3.63) is 55.8 Å². The molecule has 0 aliphatic carbocycles. The smallest absolute Gasteiger partial charge is 0.283 e. The van der Waals surface area contributed by atoms with E-state index in [1.54, 1.807) is 30.6 Å². The van der Waals surface area contributed by atoms with Crippen LogP contribution in [0.2, 0.25) is 0 Å². The predicted octanol–water partition coefficient (Wildman–Crippen LogP) is 3.96. The van der Waals surface area contributed by atoms with Gasteiger partial charge < -0.3 is 4.90 Å². The van der Waals surface area contributed by atoms with Crippen LogP contribution in [0.15, 0.2) is 35.2 Å². The van der Waals surface area contributed by atoms with E-state index in [0.717, 1.165) is 16.9 Å². The van der Waals surface area contributed by atoms with Crippen LogP contribution in [-0.2, 0) is 6.54 Å². The van der Waals surface area contributed by atoms with E-state index in [-0.39, 0.29) is 11.6 Å². The Balaban J connectivity index is 2.11. The summed E-state index contributed by atoms with van der Waals surface area (Å²) in [6.45, 7) is 2.12. The van der Waals surface area contributed by atoms with Crippen molar-refractivity contribution >= 4 is 34.7 Å². The van der Waals surface area contributed by atoms with Crippen LogP contribution in [0.3, 0.4) is 0 Å². The van der Waals surface area contributed by atoms with Crippen LogP contribution in [-0.4, -0.2) is 29.0 Å². The maximum Gasteiger partial charge on any atom is 0.283 e. The van der Waals surface area contributed by atoms with E-state index in [2.05, 4.69) is 0 Å². The van der Waals surface area contributed by atoms with Crippen molar-refractivity contribution in [3.63, 3.8) is 0 Å². The van der Waals surface area contributed by atoms with Gasteiger partial charge in [-0.25, -0.2) is 0 Å². The summed E-state index contributed by atoms with van der Waals surface area (Å²) in [6.07, 6.45) is 2.01. The second-order valence-corrected chi connectivity index (χ2v) is 6.95. The minimum absolute atomic E-state index is 0.00562. The fraction of sp³-hybridized carbons (Fsp3) is 0.267. The van der Waals surface area contributed by atoms with E-state index in [9.17, 15) is 14.9 Å². The van der Waals surface area contributed by atoms with Crippen LogP contribution in [0.4, 0.5) is 5.69 Å². The summed E-state index contributed by atoms with van der Waals surface area (Å²) in [7, 11) is 1.70. The molecule has 0 saturated heterocycles. The highest BCUT2D eigenvalue weighted by Crippen LogP contribution is 2.29. The predicted molar refractivity (Wildman–Crippen MR) is 89.7 cm³/mol. The van der Waals surface area contributed by atoms with Crippen LogP contribution < -0.4 is 0 Å². The van der Waals surface area contributed by atoms with Gasteiger partial charge in [0.05, 0.1) is 14.7 Å². The number of benzene rings is 1. The van der Waals surface area contributed by atoms with Gasteiger partial charge in [0.25, 0.3) is 11.6 Å². The van der Waals surface area contributed by atoms with Gasteiger partial charge in [-0.3, -0.25) is 14.9 Å². The molecule has 2 aromatic rings. The summed E-state index contributed by atoms with van der Waals surface area (Å²) < 4.78 is 0. The van der Waals surface area contributed by atoms with Crippen molar-refractivity contribution in [2.24, 2.45) is 0 Å². The molecule has 22 heavy (non-hydrogen) atoms. The van der Waals surface area contributed by atoms with Gasteiger partial charge in [-0.05, 0) is 30.9 Å². The molecule has 1 heterocycles. The lowest BCUT2D eigenvalue weighted by atomic mass is 10.2. The summed E-state index contributed by atoms with van der Waals surface area (Å²) in [5.41, 5.74) is 1.03. The molecule has 0 aliphatic rings. The number of thioether (sulfide) groups is 1. The number of aryl methyl sites for hydroxylation is 1. The molecular weight excluding hydrogens is 320 g/mol. The van der Waals surface area contributed by atoms with E-state index >= 15 is 0 Å². The van der Waals surface area contributed by atoms with Crippen molar-refractivity contribution < 1.29 is 9.72 Å². The number of thiophene rings is 1. The first-order chi connectivity index (χ1) is 10.4. The first-order valence-corrected chi connectivity index (χ1v) is 8.59. The average Bonchev–Trinajstić information content (AvgIpc) is 2.89. The van der Waals surface area contributed by atoms with Gasteiger partial charge >= 0.3 is 0 Å². The minimum atomic E-state index is -0.455. The molecule has 0 atom stereocenters. The number of hydrogen-bond acceptors (Lipinski definition) is 5. The lowest BCUT2D eigenvalue weighted by Crippen LogP contribution is -2.25. The van der Waals surface area contributed by atoms with Gasteiger partial charge in [0, 0.05) is 24.6 Å². The molecule has 1 amide bonds. The van der Waals surface area contributed by atoms with Gasteiger partial charge in [-0.1, -0.05) is 12.1 Å². The minimum Gasteiger partial charge on any atom is -0.337 e. The third kappa shape index (κ3) is 3.66. The Kier molecular flexibility index (Phi) is 5.20. The zero-order valence-corrected chi connectivity index (χ0v) is 14.2. The molecule has 2 rings (SSSR count). The van der Waals surface area contributed by atoms with Gasteiger partial charge in [0.2, 0.25) is 0 Å². The number of carbonyl (C=O) groups excluding carboxylic acids is 1. The normalized spacial score (nSPS) is 10.5. The number of nitro groups is 1. The molecule has 5 nitrogen and oxygen atoms in total. The van der Waals surface area contributed by atoms with E-state index in [4.69, 9.17) is 0 Å². The number of rotatable bonds is 5. The average molecular weight is 336 g/mol. The third-order valence-corrected chi connectivity index (χ3v) is 5.00. The third-order valence-electron chi connectivity index (χ3n) is 3.22. The lowest BCUT2D eigenvalue weighted by molar-refractivity contribution is -0.385. The fourth-order valence-corrected chi connectivity index (χ4v) is 3.41. The molecule has 0 spiro atoms. The monoisotopic (exact) mass is 336 g/mol. The van der Waals surface area contributed by atoms with Gasteiger partial charge in [0.15, 0.2) is 0 Å². The van der Waals surface area contributed by atoms with Crippen molar-refractivity contribution in [1.29, 1.82) is 0 Å². The highest BCUT2D eigenvalue weighted by atomic mass is 32.2. The Bertz CT molecular complexity index is 695. The molecular formula is C15H16N2O3S2. The van der Waals surface area contributed by atoms with E-state index in [1.807, 2.05) is 30.5 Å². The topological polar surface area (TPSA) is 63.5 Å². The quantitative estimate of drug-likeness (QED) is 0.471. The van der Waals surface area contributed by atoms with Crippen molar-refractivity contribution in [2.45, 2.75) is 18.4 Å². The van der Waals surface area contributed by atoms with Crippen molar-refractivity contribution in [3.8, 4) is 0 Å². The van der Waals surface area contributed by atoms with Crippen molar-refractivity contribution in [2.75, 3.05) is 13.3 Å². The summed E-state index contributed by atoms with van der Waals surface area (Å²) in [4.78, 5) is 26.5. The molecule has 0 N–H and O–H groups in total. The maximum atomic E-state index is 12.4. The Morgan fingerprint density at radius 1 is 1.36 bits per heavy atom. The zero-order chi connectivity index (χ0) is 16.3. The van der Waals surface area contributed by atoms with Gasteiger partial charge in [-0.2, -0.15) is 0 Å². The lowest BCUT2D eigenvalue weighted by Gasteiger charge is -2.16. The van der Waals surface area contributed by atoms with Crippen LogP contribution >= 0.6 is 23.1 Å². The highest BCUT2D eigenvalue weighted by molar-refractivity contribution is 7.98. The second-order valence-electron chi connectivity index (χ2n) is 4.82. The Morgan fingerprint density at radius 2 is 2.00 bits per heavy atom. The largest absolute Gasteiger partial charge is 0.337 e. The zero-order valence-electron chi connectivity index (χ0n) is 12.5. The van der Waals surface area contributed by atoms with Gasteiger partial charge in [-0.15, -0.1) is 23.1 Å². The Labute approximate surface area is 137 Å². The first-order valence-electron chi connectivity index (χ1n) is 6.55. The molecule has 0 radical (unpaired) electrons. The summed E-state index contributed by atoms with van der Waals surface area (Å²) in [5, 5.41) is 10.9. The van der Waals surface area contributed by atoms with E-state index < -0.39 is 4.92 Å². The number of nitrogens with zero attached hydrogens (tertiary/aromatic N) is 2. The Hall–Kier alpha value is -1.86. The number of hydrogen-bond donors (Lipinski definition) is 0. The Morgan fingerprint density at radius 3 is 2.50 bits per heavy atom. The second kappa shape index (κ2) is 6.93. The maximum absolute atomic E-state index is 12.4. The summed E-state index contributed by atoms with van der Waals surface area (Å²) in [5.74, 6) is -0.199. The summed E-state index contributed by atoms with van der Waals surface area (Å²) >= 11 is 2.82. The fourth-order valence-electron chi connectivity index (χ4n) is 2.02. The first kappa shape index (κ1) is 16.5. The van der Waals surface area contributed by atoms with Gasteiger partial charge in [0.1, 0.15) is 0 Å². The highest BCUT2D eigenvalue weighted by Gasteiger charge is 2.21. The number of carbonyl (C=O) groups is 1. The molecule has 1 aromatic heterocycles. The van der Waals surface area contributed by atoms with Crippen molar-refractivity contribution in [1.82, 2.24) is 4.90 Å². The molecule has 0 bridgehead atoms. The summed E-state index contributed by atoms with van der Waals surface area (Å²) in [6, 6.07) is 9.35. The SMILES string of the molecule is CSc1ccc(CN(C)C(=O)c2cc([N+](=O)[O-])c(C)s2)cc1. The molecule has 0 aliphatic heterocycles. The molecule has 7 heteroatoms. The molecule has 0 saturated carbocycles. The number of amides is 1. The molecule has 0 fully saturated rings. The molecule has 1 aromatic carbocycles. The van der Waals surface area contributed by atoms with Crippen LogP contribution in [0.1, 0.15) is 20.1 Å². The standard InChI is InChI=1S/C15H16N2O3S2/c1-10-13(17(19)20)8-14(22-10)15(18)16(2)9-11-4-6-12(21-3)7-5-11/h4-8H,9H2,1-3H3. The van der Waals surface area contributed by atoms with Crippen LogP contribution in [0, 0.1) is 17.0 Å². The van der Waals surface area contributed by atoms with Crippen LogP contribution in [0.25, 0.3) is 0 Å². The van der Waals surface area contributed by atoms with Crippen LogP contribution in [0.5, 0.6) is 0 Å². The molecule has 116 valence electrons. The molecule has 0 unspecified atom stereocenters. The van der Waals surface area contributed by atoms with E-state index in [0.29, 0.717) is 16.3 Å².